The van der Waals surface area contributed by atoms with Gasteiger partial charge in [0.2, 0.25) is 23.6 Å². The lowest BCUT2D eigenvalue weighted by atomic mass is 9.72. The Balaban J connectivity index is 1.22. The van der Waals surface area contributed by atoms with Gasteiger partial charge < -0.3 is 31.3 Å². The lowest BCUT2D eigenvalue weighted by molar-refractivity contribution is -0.133. The number of β-amino-alcohol motifs (C(OH)–C–C–N with tert-alkyl or cyclic N) is 1. The summed E-state index contributed by atoms with van der Waals surface area (Å²) in [6.45, 7) is 11.1. The number of carbonyl (C=O) groups is 4. The van der Waals surface area contributed by atoms with Gasteiger partial charge in [-0.15, -0.1) is 11.8 Å². The Morgan fingerprint density at radius 3 is 2.27 bits per heavy atom. The summed E-state index contributed by atoms with van der Waals surface area (Å²) in [6.07, 6.45) is 4.68. The predicted octanol–water partition coefficient (Wildman–Crippen LogP) is 3.18. The number of piperidine rings is 1. The van der Waals surface area contributed by atoms with Crippen molar-refractivity contribution in [2.24, 2.45) is 11.8 Å². The van der Waals surface area contributed by atoms with E-state index < -0.39 is 28.3 Å². The zero-order valence-corrected chi connectivity index (χ0v) is 34.5. The fourth-order valence-corrected chi connectivity index (χ4v) is 9.63. The van der Waals surface area contributed by atoms with Gasteiger partial charge in [0.15, 0.2) is 0 Å². The number of rotatable bonds is 14. The van der Waals surface area contributed by atoms with Gasteiger partial charge >= 0.3 is 0 Å². The summed E-state index contributed by atoms with van der Waals surface area (Å²) >= 11 is 1.43. The van der Waals surface area contributed by atoms with Crippen molar-refractivity contribution in [1.82, 2.24) is 31.5 Å². The maximum atomic E-state index is 13.8. The zero-order valence-electron chi connectivity index (χ0n) is 33.7. The number of hydrogen-bond acceptors (Lipinski definition) is 9. The second-order valence-electron chi connectivity index (χ2n) is 17.4. The number of anilines is 1. The van der Waals surface area contributed by atoms with Crippen molar-refractivity contribution in [3.8, 4) is 0 Å². The summed E-state index contributed by atoms with van der Waals surface area (Å²) in [5.41, 5.74) is 2.43. The van der Waals surface area contributed by atoms with Crippen LogP contribution in [-0.4, -0.2) is 107 Å². The average molecular weight is 778 g/mol. The summed E-state index contributed by atoms with van der Waals surface area (Å²) in [7, 11) is 3.93. The normalized spacial score (nSPS) is 24.8. The fraction of sp³-hybridized carbons (Fsp3) is 0.619. The van der Waals surface area contributed by atoms with Crippen molar-refractivity contribution >= 4 is 41.1 Å². The maximum absolute atomic E-state index is 13.8. The highest BCUT2D eigenvalue weighted by molar-refractivity contribution is 8.01. The Morgan fingerprint density at radius 2 is 1.62 bits per heavy atom. The second-order valence-corrected chi connectivity index (χ2v) is 19.2. The molecule has 0 bridgehead atoms. The highest BCUT2D eigenvalue weighted by atomic mass is 32.2. The lowest BCUT2D eigenvalue weighted by Crippen LogP contribution is -2.60. The van der Waals surface area contributed by atoms with Crippen LogP contribution in [0.1, 0.15) is 77.8 Å². The number of thioether (sulfide) groups is 1. The number of nitrogens with zero attached hydrogens (tertiary/aromatic N) is 2. The van der Waals surface area contributed by atoms with Crippen molar-refractivity contribution in [2.45, 2.75) is 120 Å². The molecule has 0 radical (unpaired) electrons. The van der Waals surface area contributed by atoms with Crippen molar-refractivity contribution < 1.29 is 24.3 Å². The van der Waals surface area contributed by atoms with Crippen LogP contribution in [0.2, 0.25) is 0 Å². The number of nitrogens with one attached hydrogen (secondary N) is 5. The van der Waals surface area contributed by atoms with Crippen molar-refractivity contribution in [3.63, 3.8) is 0 Å². The molecule has 13 heteroatoms. The molecule has 6 N–H and O–H groups in total. The van der Waals surface area contributed by atoms with Crippen LogP contribution in [0.5, 0.6) is 0 Å². The quantitative estimate of drug-likeness (QED) is 0.170. The van der Waals surface area contributed by atoms with E-state index >= 15 is 0 Å². The molecule has 3 aliphatic rings. The molecule has 1 aliphatic carbocycles. The number of benzene rings is 2. The molecular formula is C42H63N7O5S. The van der Waals surface area contributed by atoms with E-state index in [0.29, 0.717) is 11.8 Å². The Labute approximate surface area is 331 Å². The lowest BCUT2D eigenvalue weighted by Gasteiger charge is -2.46. The Morgan fingerprint density at radius 1 is 0.945 bits per heavy atom. The summed E-state index contributed by atoms with van der Waals surface area (Å²) in [4.78, 5) is 58.5. The van der Waals surface area contributed by atoms with Gasteiger partial charge in [0.1, 0.15) is 12.1 Å². The Kier molecular flexibility index (Phi) is 14.3. The molecule has 2 aliphatic heterocycles. The first-order valence-electron chi connectivity index (χ1n) is 19.8. The van der Waals surface area contributed by atoms with Gasteiger partial charge in [0.05, 0.1) is 23.9 Å². The molecule has 3 fully saturated rings. The number of amides is 4. The van der Waals surface area contributed by atoms with E-state index in [9.17, 15) is 24.3 Å². The number of carbonyl (C=O) groups excluding carboxylic acids is 4. The summed E-state index contributed by atoms with van der Waals surface area (Å²) in [5, 5.41) is 26.1. The van der Waals surface area contributed by atoms with E-state index in [1.807, 2.05) is 108 Å². The maximum Gasteiger partial charge on any atom is 0.245 e. The molecule has 4 amide bonds. The van der Waals surface area contributed by atoms with Crippen LogP contribution in [0.4, 0.5) is 5.69 Å². The first kappa shape index (κ1) is 42.5. The van der Waals surface area contributed by atoms with E-state index in [-0.39, 0.29) is 61.3 Å². The molecule has 2 aromatic rings. The predicted molar refractivity (Wildman–Crippen MR) is 219 cm³/mol. The van der Waals surface area contributed by atoms with Crippen molar-refractivity contribution in [2.75, 3.05) is 38.6 Å². The number of fused-ring (bicyclic) bond motifs is 1. The van der Waals surface area contributed by atoms with Crippen LogP contribution in [0.3, 0.4) is 0 Å². The minimum atomic E-state index is -0.969. The van der Waals surface area contributed by atoms with Gasteiger partial charge in [-0.25, -0.2) is 0 Å². The third-order valence-electron chi connectivity index (χ3n) is 11.0. The molecule has 55 heavy (non-hydrogen) atoms. The van der Waals surface area contributed by atoms with E-state index in [1.165, 1.54) is 24.6 Å². The van der Waals surface area contributed by atoms with Crippen LogP contribution in [-0.2, 0) is 32.1 Å². The van der Waals surface area contributed by atoms with Crippen LogP contribution in [0, 0.1) is 11.8 Å². The van der Waals surface area contributed by atoms with E-state index in [1.54, 1.807) is 0 Å². The number of hydrogen-bond donors (Lipinski definition) is 6. The van der Waals surface area contributed by atoms with E-state index in [0.717, 1.165) is 42.6 Å². The molecule has 0 unspecified atom stereocenters. The smallest absolute Gasteiger partial charge is 0.245 e. The highest BCUT2D eigenvalue weighted by Crippen LogP contribution is 2.40. The van der Waals surface area contributed by atoms with E-state index in [4.69, 9.17) is 0 Å². The SMILES string of the molecule is CN(C)c1ccc(CNC(=O)[C@@H](NC(=O)Cc2ccccc2)[C@@H]2N[C@@H](C(=O)NC[C@H](O)CN3C[C@H]4CCCC[C@H]4C[C@H]3C(=O)NC(C)(C)C)C(C)(C)S2)cc1. The number of aliphatic hydroxyl groups excluding tert-OH is 1. The largest absolute Gasteiger partial charge is 0.390 e. The molecular weight excluding hydrogens is 715 g/mol. The minimum Gasteiger partial charge on any atom is -0.390 e. The summed E-state index contributed by atoms with van der Waals surface area (Å²) in [6, 6.07) is 15.2. The number of likely N-dealkylation sites (tertiary alicyclic amines) is 1. The standard InChI is InChI=1S/C42H63N7O5S/c1-41(2,3)47-37(52)33-22-29-15-11-12-16-30(29)25-49(33)26-32(50)24-44-39(54)36-42(4,5)55-40(46-36)35(45-34(51)21-27-13-9-8-10-14-27)38(53)43-23-28-17-19-31(20-18-28)48(6)7/h8-10,13-14,17-20,29-30,32-33,35-36,40,46,50H,11-12,15-16,21-26H2,1-7H3,(H,43,53)(H,44,54)(H,45,51)(H,47,52)/t29-,30+,32-,33-,35+,36-,40+/m0/s1. The monoisotopic (exact) mass is 777 g/mol. The van der Waals surface area contributed by atoms with Gasteiger partial charge in [-0.1, -0.05) is 61.7 Å². The fourth-order valence-electron chi connectivity index (χ4n) is 8.13. The van der Waals surface area contributed by atoms with Gasteiger partial charge in [0.25, 0.3) is 0 Å². The summed E-state index contributed by atoms with van der Waals surface area (Å²) in [5.74, 6) is 0.0510. The van der Waals surface area contributed by atoms with Gasteiger partial charge in [-0.05, 0) is 82.6 Å². The highest BCUT2D eigenvalue weighted by Gasteiger charge is 2.49. The zero-order chi connectivity index (χ0) is 39.9. The van der Waals surface area contributed by atoms with Gasteiger partial charge in [-0.3, -0.25) is 29.4 Å². The molecule has 1 saturated carbocycles. The first-order chi connectivity index (χ1) is 26.0. The van der Waals surface area contributed by atoms with Gasteiger partial charge in [-0.2, -0.15) is 0 Å². The van der Waals surface area contributed by atoms with Crippen LogP contribution in [0.15, 0.2) is 54.6 Å². The molecule has 2 saturated heterocycles. The van der Waals surface area contributed by atoms with Crippen LogP contribution < -0.4 is 31.5 Å². The third-order valence-corrected chi connectivity index (χ3v) is 12.5. The van der Waals surface area contributed by atoms with Crippen LogP contribution >= 0.6 is 11.8 Å². The van der Waals surface area contributed by atoms with Crippen LogP contribution in [0.25, 0.3) is 0 Å². The third kappa shape index (κ3) is 11.9. The molecule has 302 valence electrons. The molecule has 2 aromatic carbocycles. The molecule has 7 atom stereocenters. The van der Waals surface area contributed by atoms with Crippen molar-refractivity contribution in [1.29, 1.82) is 0 Å². The Bertz CT molecular complexity index is 1620. The van der Waals surface area contributed by atoms with E-state index in [2.05, 4.69) is 31.5 Å². The van der Waals surface area contributed by atoms with Crippen molar-refractivity contribution in [3.05, 3.63) is 65.7 Å². The van der Waals surface area contributed by atoms with Gasteiger partial charge in [0, 0.05) is 56.2 Å². The molecule has 0 spiro atoms. The minimum absolute atomic E-state index is 0.00980. The first-order valence-corrected chi connectivity index (χ1v) is 20.7. The molecule has 2 heterocycles. The Hall–Kier alpha value is -3.65. The second kappa shape index (κ2) is 18.5. The molecule has 5 rings (SSSR count). The number of aliphatic hydroxyl groups is 1. The average Bonchev–Trinajstić information content (AvgIpc) is 3.45. The topological polar surface area (TPSA) is 155 Å². The summed E-state index contributed by atoms with van der Waals surface area (Å²) < 4.78 is -0.649. The molecule has 0 aromatic heterocycles. The molecule has 12 nitrogen and oxygen atoms in total.